The number of hydrogen-bond donors (Lipinski definition) is 3. The molecule has 1 fully saturated rings. The van der Waals surface area contributed by atoms with Crippen LogP contribution in [0.15, 0.2) is 30.3 Å². The number of aliphatic hydroxyl groups excluding tert-OH is 2. The van der Waals surface area contributed by atoms with Gasteiger partial charge < -0.3 is 15.5 Å². The van der Waals surface area contributed by atoms with Crippen LogP contribution in [0.4, 0.5) is 0 Å². The van der Waals surface area contributed by atoms with Gasteiger partial charge in [0.25, 0.3) is 0 Å². The lowest BCUT2D eigenvalue weighted by Gasteiger charge is -2.15. The topological polar surface area (TPSA) is 52.5 Å². The molecule has 0 amide bonds. The van der Waals surface area contributed by atoms with E-state index in [2.05, 4.69) is 5.32 Å². The molecule has 70 valence electrons. The van der Waals surface area contributed by atoms with Crippen molar-refractivity contribution >= 4 is 0 Å². The van der Waals surface area contributed by atoms with Gasteiger partial charge in [-0.15, -0.1) is 0 Å². The fourth-order valence-corrected chi connectivity index (χ4v) is 1.69. The van der Waals surface area contributed by atoms with E-state index in [0.717, 1.165) is 5.56 Å². The van der Waals surface area contributed by atoms with Crippen molar-refractivity contribution in [3.63, 3.8) is 0 Å². The lowest BCUT2D eigenvalue weighted by atomic mass is 10.0. The van der Waals surface area contributed by atoms with Crippen molar-refractivity contribution in [1.82, 2.24) is 5.32 Å². The molecule has 2 rings (SSSR count). The average Bonchev–Trinajstić information content (AvgIpc) is 2.49. The van der Waals surface area contributed by atoms with Gasteiger partial charge in [0.15, 0.2) is 0 Å². The number of nitrogens with one attached hydrogen (secondary N) is 1. The van der Waals surface area contributed by atoms with Gasteiger partial charge in [0.05, 0.1) is 12.1 Å². The van der Waals surface area contributed by atoms with E-state index in [4.69, 9.17) is 0 Å². The zero-order valence-corrected chi connectivity index (χ0v) is 7.22. The van der Waals surface area contributed by atoms with Gasteiger partial charge in [-0.1, -0.05) is 30.3 Å². The first-order chi connectivity index (χ1) is 6.29. The lowest BCUT2D eigenvalue weighted by molar-refractivity contribution is 0.0405. The standard InChI is InChI=1S/C10H13NO2/c12-8-6-11-9(10(8)13)7-4-2-1-3-5-7/h1-5,8-13H,6H2/t8-,9+,10-/m0/s1. The zero-order valence-electron chi connectivity index (χ0n) is 7.22. The van der Waals surface area contributed by atoms with Crippen LogP contribution in [0.25, 0.3) is 0 Å². The van der Waals surface area contributed by atoms with Crippen molar-refractivity contribution in [3.05, 3.63) is 35.9 Å². The highest BCUT2D eigenvalue weighted by atomic mass is 16.3. The Balaban J connectivity index is 2.19. The smallest absolute Gasteiger partial charge is 0.101 e. The van der Waals surface area contributed by atoms with Crippen LogP contribution in [0, 0.1) is 0 Å². The molecular weight excluding hydrogens is 166 g/mol. The molecule has 1 aromatic carbocycles. The molecular formula is C10H13NO2. The molecule has 0 bridgehead atoms. The Morgan fingerprint density at radius 2 is 1.85 bits per heavy atom. The molecule has 1 aliphatic heterocycles. The van der Waals surface area contributed by atoms with E-state index in [0.29, 0.717) is 6.54 Å². The van der Waals surface area contributed by atoms with Gasteiger partial charge in [-0.2, -0.15) is 0 Å². The number of rotatable bonds is 1. The molecule has 0 radical (unpaired) electrons. The van der Waals surface area contributed by atoms with Crippen molar-refractivity contribution in [2.45, 2.75) is 18.2 Å². The maximum absolute atomic E-state index is 9.60. The van der Waals surface area contributed by atoms with Crippen LogP contribution >= 0.6 is 0 Å². The zero-order chi connectivity index (χ0) is 9.26. The second-order valence-corrected chi connectivity index (χ2v) is 3.35. The maximum Gasteiger partial charge on any atom is 0.101 e. The second kappa shape index (κ2) is 3.46. The van der Waals surface area contributed by atoms with Crippen LogP contribution in [0.5, 0.6) is 0 Å². The first kappa shape index (κ1) is 8.69. The Morgan fingerprint density at radius 1 is 1.15 bits per heavy atom. The Bertz CT molecular complexity index is 276. The van der Waals surface area contributed by atoms with E-state index in [1.165, 1.54) is 0 Å². The molecule has 13 heavy (non-hydrogen) atoms. The number of aliphatic hydroxyl groups is 2. The first-order valence-electron chi connectivity index (χ1n) is 4.43. The average molecular weight is 179 g/mol. The Morgan fingerprint density at radius 3 is 2.38 bits per heavy atom. The monoisotopic (exact) mass is 179 g/mol. The van der Waals surface area contributed by atoms with Gasteiger partial charge in [-0.05, 0) is 5.56 Å². The molecule has 0 saturated carbocycles. The molecule has 0 aliphatic carbocycles. The third-order valence-corrected chi connectivity index (χ3v) is 2.44. The van der Waals surface area contributed by atoms with Gasteiger partial charge in [0.1, 0.15) is 6.10 Å². The van der Waals surface area contributed by atoms with Crippen LogP contribution in [0.1, 0.15) is 11.6 Å². The van der Waals surface area contributed by atoms with Gasteiger partial charge >= 0.3 is 0 Å². The van der Waals surface area contributed by atoms with Crippen molar-refractivity contribution in [2.75, 3.05) is 6.54 Å². The van der Waals surface area contributed by atoms with E-state index >= 15 is 0 Å². The quantitative estimate of drug-likeness (QED) is 0.571. The minimum absolute atomic E-state index is 0.129. The molecule has 3 N–H and O–H groups in total. The number of benzene rings is 1. The fourth-order valence-electron chi connectivity index (χ4n) is 1.69. The molecule has 0 aromatic heterocycles. The fraction of sp³-hybridized carbons (Fsp3) is 0.400. The highest BCUT2D eigenvalue weighted by Gasteiger charge is 2.33. The molecule has 1 aliphatic rings. The predicted octanol–water partition coefficient (Wildman–Crippen LogP) is 0.0527. The summed E-state index contributed by atoms with van der Waals surface area (Å²) in [5.74, 6) is 0. The predicted molar refractivity (Wildman–Crippen MR) is 49.2 cm³/mol. The van der Waals surface area contributed by atoms with E-state index in [1.807, 2.05) is 30.3 Å². The van der Waals surface area contributed by atoms with Crippen LogP contribution in [-0.4, -0.2) is 29.0 Å². The van der Waals surface area contributed by atoms with Crippen LogP contribution in [-0.2, 0) is 0 Å². The highest BCUT2D eigenvalue weighted by molar-refractivity contribution is 5.21. The van der Waals surface area contributed by atoms with Crippen LogP contribution in [0.3, 0.4) is 0 Å². The Labute approximate surface area is 77.0 Å². The Hall–Kier alpha value is -0.900. The van der Waals surface area contributed by atoms with E-state index < -0.39 is 12.2 Å². The normalized spacial score (nSPS) is 33.5. The van der Waals surface area contributed by atoms with Crippen LogP contribution < -0.4 is 5.32 Å². The third-order valence-electron chi connectivity index (χ3n) is 2.44. The molecule has 3 heteroatoms. The van der Waals surface area contributed by atoms with E-state index in [9.17, 15) is 10.2 Å². The summed E-state index contributed by atoms with van der Waals surface area (Å²) in [6.07, 6.45) is -1.34. The largest absolute Gasteiger partial charge is 0.389 e. The van der Waals surface area contributed by atoms with Crippen molar-refractivity contribution < 1.29 is 10.2 Å². The van der Waals surface area contributed by atoms with Gasteiger partial charge in [0.2, 0.25) is 0 Å². The second-order valence-electron chi connectivity index (χ2n) is 3.35. The van der Waals surface area contributed by atoms with Gasteiger partial charge in [0, 0.05) is 6.54 Å². The number of hydrogen-bond acceptors (Lipinski definition) is 3. The summed E-state index contributed by atoms with van der Waals surface area (Å²) in [5, 5.41) is 22.0. The third kappa shape index (κ3) is 1.58. The minimum atomic E-state index is -0.692. The van der Waals surface area contributed by atoms with E-state index in [-0.39, 0.29) is 6.04 Å². The summed E-state index contributed by atoms with van der Waals surface area (Å²) >= 11 is 0. The summed E-state index contributed by atoms with van der Waals surface area (Å²) in [4.78, 5) is 0. The highest BCUT2D eigenvalue weighted by Crippen LogP contribution is 2.23. The van der Waals surface area contributed by atoms with E-state index in [1.54, 1.807) is 0 Å². The summed E-state index contributed by atoms with van der Waals surface area (Å²) in [5.41, 5.74) is 1.02. The molecule has 3 atom stereocenters. The summed E-state index contributed by atoms with van der Waals surface area (Å²) in [6, 6.07) is 9.54. The van der Waals surface area contributed by atoms with Crippen LogP contribution in [0.2, 0.25) is 0 Å². The summed E-state index contributed by atoms with van der Waals surface area (Å²) in [6.45, 7) is 0.459. The van der Waals surface area contributed by atoms with Crippen molar-refractivity contribution in [1.29, 1.82) is 0 Å². The summed E-state index contributed by atoms with van der Waals surface area (Å²) < 4.78 is 0. The van der Waals surface area contributed by atoms with Crippen molar-refractivity contribution in [2.24, 2.45) is 0 Å². The molecule has 3 nitrogen and oxygen atoms in total. The lowest BCUT2D eigenvalue weighted by Crippen LogP contribution is -2.25. The molecule has 1 aromatic rings. The maximum atomic E-state index is 9.60. The van der Waals surface area contributed by atoms with Crippen molar-refractivity contribution in [3.8, 4) is 0 Å². The summed E-state index contributed by atoms with van der Waals surface area (Å²) in [7, 11) is 0. The minimum Gasteiger partial charge on any atom is -0.389 e. The van der Waals surface area contributed by atoms with Gasteiger partial charge in [-0.3, -0.25) is 0 Å². The SMILES string of the molecule is O[C@@H]1[C@@H](c2ccccc2)NC[C@@H]1O. The molecule has 1 heterocycles. The van der Waals surface area contributed by atoms with Gasteiger partial charge in [-0.25, -0.2) is 0 Å². The first-order valence-corrected chi connectivity index (χ1v) is 4.43. The molecule has 0 unspecified atom stereocenters. The molecule has 1 saturated heterocycles. The Kier molecular flexibility index (Phi) is 2.31. The number of β-amino-alcohol motifs (C(OH)–C–C–N with tert-alkyl or cyclic N) is 1. The molecule has 0 spiro atoms.